The van der Waals surface area contributed by atoms with Gasteiger partial charge >= 0.3 is 0 Å². The van der Waals surface area contributed by atoms with Crippen molar-refractivity contribution in [3.05, 3.63) is 22.4 Å². The summed E-state index contributed by atoms with van der Waals surface area (Å²) in [7, 11) is 0. The predicted octanol–water partition coefficient (Wildman–Crippen LogP) is 1.83. The second-order valence-electron chi connectivity index (χ2n) is 2.58. The molecule has 1 saturated heterocycles. The Balaban J connectivity index is 0.000000720. The molecule has 1 aromatic rings. The largest absolute Gasteiger partial charge is 0.370 e. The van der Waals surface area contributed by atoms with E-state index in [-0.39, 0.29) is 12.4 Å². The highest BCUT2D eigenvalue weighted by molar-refractivity contribution is 7.10. The summed E-state index contributed by atoms with van der Waals surface area (Å²) in [5.41, 5.74) is 0. The topological polar surface area (TPSA) is 21.3 Å². The molecule has 1 atom stereocenters. The van der Waals surface area contributed by atoms with Gasteiger partial charge in [-0.2, -0.15) is 0 Å². The molecule has 68 valence electrons. The Morgan fingerprint density at radius 1 is 1.58 bits per heavy atom. The van der Waals surface area contributed by atoms with Gasteiger partial charge in [0.15, 0.2) is 0 Å². The van der Waals surface area contributed by atoms with Crippen LogP contribution in [-0.2, 0) is 4.74 Å². The van der Waals surface area contributed by atoms with E-state index in [0.717, 1.165) is 19.7 Å². The number of halogens is 1. The van der Waals surface area contributed by atoms with Crippen LogP contribution in [0.1, 0.15) is 11.0 Å². The summed E-state index contributed by atoms with van der Waals surface area (Å²) in [5, 5.41) is 5.40. The Labute approximate surface area is 82.3 Å². The van der Waals surface area contributed by atoms with Crippen LogP contribution in [0, 0.1) is 0 Å². The van der Waals surface area contributed by atoms with Crippen molar-refractivity contribution in [2.45, 2.75) is 6.10 Å². The van der Waals surface area contributed by atoms with E-state index in [0.29, 0.717) is 6.10 Å². The van der Waals surface area contributed by atoms with E-state index in [2.05, 4.69) is 22.8 Å². The zero-order valence-electron chi connectivity index (χ0n) is 6.66. The van der Waals surface area contributed by atoms with Crippen molar-refractivity contribution in [1.29, 1.82) is 0 Å². The van der Waals surface area contributed by atoms with Gasteiger partial charge < -0.3 is 10.1 Å². The van der Waals surface area contributed by atoms with Gasteiger partial charge in [-0.1, -0.05) is 6.07 Å². The Morgan fingerprint density at radius 3 is 3.08 bits per heavy atom. The molecule has 2 rings (SSSR count). The van der Waals surface area contributed by atoms with Crippen LogP contribution in [0.2, 0.25) is 0 Å². The number of hydrogen-bond acceptors (Lipinski definition) is 3. The quantitative estimate of drug-likeness (QED) is 0.756. The molecule has 0 amide bonds. The third-order valence-corrected chi connectivity index (χ3v) is 2.75. The summed E-state index contributed by atoms with van der Waals surface area (Å²) in [6.07, 6.45) is 0.295. The normalized spacial score (nSPS) is 23.2. The summed E-state index contributed by atoms with van der Waals surface area (Å²) in [5.74, 6) is 0. The molecule has 0 aliphatic carbocycles. The average Bonchev–Trinajstić information content (AvgIpc) is 2.58. The molecule has 0 bridgehead atoms. The molecular weight excluding hydrogens is 194 g/mol. The molecule has 1 N–H and O–H groups in total. The van der Waals surface area contributed by atoms with Crippen LogP contribution in [0.3, 0.4) is 0 Å². The minimum absolute atomic E-state index is 0. The van der Waals surface area contributed by atoms with Gasteiger partial charge in [0.1, 0.15) is 6.10 Å². The van der Waals surface area contributed by atoms with Crippen LogP contribution in [0.5, 0.6) is 0 Å². The molecule has 0 spiro atoms. The lowest BCUT2D eigenvalue weighted by molar-refractivity contribution is 0.0299. The van der Waals surface area contributed by atoms with Crippen molar-refractivity contribution >= 4 is 23.7 Å². The molecule has 1 aromatic heterocycles. The lowest BCUT2D eigenvalue weighted by Crippen LogP contribution is -2.32. The first-order chi connectivity index (χ1) is 5.47. The smallest absolute Gasteiger partial charge is 0.104 e. The van der Waals surface area contributed by atoms with Crippen LogP contribution in [0.4, 0.5) is 0 Å². The van der Waals surface area contributed by atoms with E-state index >= 15 is 0 Å². The molecule has 0 saturated carbocycles. The van der Waals surface area contributed by atoms with Crippen molar-refractivity contribution < 1.29 is 4.74 Å². The lowest BCUT2D eigenvalue weighted by atomic mass is 10.2. The van der Waals surface area contributed by atoms with Crippen LogP contribution in [0.15, 0.2) is 17.5 Å². The van der Waals surface area contributed by atoms with Gasteiger partial charge in [0.05, 0.1) is 6.61 Å². The molecule has 12 heavy (non-hydrogen) atoms. The van der Waals surface area contributed by atoms with Crippen LogP contribution >= 0.6 is 23.7 Å². The number of thiophene rings is 1. The fourth-order valence-corrected chi connectivity index (χ4v) is 2.00. The maximum atomic E-state index is 5.57. The van der Waals surface area contributed by atoms with Crippen LogP contribution in [-0.4, -0.2) is 19.7 Å². The van der Waals surface area contributed by atoms with Crippen molar-refractivity contribution in [1.82, 2.24) is 5.32 Å². The molecule has 2 heterocycles. The first-order valence-corrected chi connectivity index (χ1v) is 4.70. The molecule has 1 aliphatic rings. The molecule has 1 aliphatic heterocycles. The highest BCUT2D eigenvalue weighted by Crippen LogP contribution is 2.22. The van der Waals surface area contributed by atoms with Crippen LogP contribution in [0.25, 0.3) is 0 Å². The summed E-state index contributed by atoms with van der Waals surface area (Å²) in [6, 6.07) is 4.19. The number of ether oxygens (including phenoxy) is 1. The van der Waals surface area contributed by atoms with Gasteiger partial charge in [0, 0.05) is 18.0 Å². The first-order valence-electron chi connectivity index (χ1n) is 3.82. The highest BCUT2D eigenvalue weighted by Gasteiger charge is 2.15. The van der Waals surface area contributed by atoms with Gasteiger partial charge in [0.25, 0.3) is 0 Å². The van der Waals surface area contributed by atoms with E-state index in [1.165, 1.54) is 4.88 Å². The molecule has 4 heteroatoms. The summed E-state index contributed by atoms with van der Waals surface area (Å²) in [6.45, 7) is 2.78. The molecular formula is C8H12ClNOS. The van der Waals surface area contributed by atoms with Gasteiger partial charge in [0.2, 0.25) is 0 Å². The number of rotatable bonds is 1. The number of morpholine rings is 1. The van der Waals surface area contributed by atoms with Gasteiger partial charge in [-0.3, -0.25) is 0 Å². The zero-order chi connectivity index (χ0) is 7.52. The highest BCUT2D eigenvalue weighted by atomic mass is 35.5. The maximum Gasteiger partial charge on any atom is 0.104 e. The Hall–Kier alpha value is -0.0900. The molecule has 1 fully saturated rings. The fourth-order valence-electron chi connectivity index (χ4n) is 1.22. The Bertz CT molecular complexity index is 209. The van der Waals surface area contributed by atoms with Crippen LogP contribution < -0.4 is 5.32 Å². The van der Waals surface area contributed by atoms with Crippen molar-refractivity contribution in [2.24, 2.45) is 0 Å². The maximum absolute atomic E-state index is 5.57. The lowest BCUT2D eigenvalue weighted by Gasteiger charge is -2.22. The van der Waals surface area contributed by atoms with Crippen molar-refractivity contribution in [3.63, 3.8) is 0 Å². The minimum Gasteiger partial charge on any atom is -0.370 e. The fraction of sp³-hybridized carbons (Fsp3) is 0.500. The average molecular weight is 206 g/mol. The van der Waals surface area contributed by atoms with Crippen molar-refractivity contribution in [2.75, 3.05) is 19.7 Å². The van der Waals surface area contributed by atoms with Gasteiger partial charge in [-0.05, 0) is 11.4 Å². The second kappa shape index (κ2) is 4.82. The number of hydrogen-bond donors (Lipinski definition) is 1. The standard InChI is InChI=1S/C8H11NOS.ClH/c1-2-8(11-5-1)7-6-9-3-4-10-7;/h1-2,5,7,9H,3-4,6H2;1H. The molecule has 0 aromatic carbocycles. The van der Waals surface area contributed by atoms with E-state index in [1.807, 2.05) is 0 Å². The SMILES string of the molecule is Cl.c1csc(C2CNCCO2)c1. The van der Waals surface area contributed by atoms with Gasteiger partial charge in [-0.15, -0.1) is 23.7 Å². The number of nitrogens with one attached hydrogen (secondary N) is 1. The first kappa shape index (κ1) is 9.99. The predicted molar refractivity (Wildman–Crippen MR) is 53.1 cm³/mol. The Morgan fingerprint density at radius 2 is 2.50 bits per heavy atom. The van der Waals surface area contributed by atoms with Crippen molar-refractivity contribution in [3.8, 4) is 0 Å². The molecule has 2 nitrogen and oxygen atoms in total. The summed E-state index contributed by atoms with van der Waals surface area (Å²) < 4.78 is 5.57. The van der Waals surface area contributed by atoms with Gasteiger partial charge in [-0.25, -0.2) is 0 Å². The molecule has 1 unspecified atom stereocenters. The van der Waals surface area contributed by atoms with E-state index in [4.69, 9.17) is 4.74 Å². The van der Waals surface area contributed by atoms with E-state index in [1.54, 1.807) is 11.3 Å². The van der Waals surface area contributed by atoms with E-state index < -0.39 is 0 Å². The second-order valence-corrected chi connectivity index (χ2v) is 3.56. The third-order valence-electron chi connectivity index (χ3n) is 1.79. The minimum atomic E-state index is 0. The summed E-state index contributed by atoms with van der Waals surface area (Å²) >= 11 is 1.76. The third kappa shape index (κ3) is 2.20. The monoisotopic (exact) mass is 205 g/mol. The molecule has 0 radical (unpaired) electrons. The zero-order valence-corrected chi connectivity index (χ0v) is 8.29. The van der Waals surface area contributed by atoms with E-state index in [9.17, 15) is 0 Å². The summed E-state index contributed by atoms with van der Waals surface area (Å²) in [4.78, 5) is 1.33. The Kier molecular flexibility index (Phi) is 4.01.